The van der Waals surface area contributed by atoms with Crippen LogP contribution in [0.2, 0.25) is 0 Å². The van der Waals surface area contributed by atoms with E-state index >= 15 is 0 Å². The maximum atomic E-state index is 4.12. The smallest absolute Gasteiger partial charge is 0.235 e. The van der Waals surface area contributed by atoms with Crippen molar-refractivity contribution in [2.24, 2.45) is 0 Å². The highest BCUT2D eigenvalue weighted by Crippen LogP contribution is 2.03. The van der Waals surface area contributed by atoms with Gasteiger partial charge in [-0.05, 0) is 12.2 Å². The molecule has 0 spiro atoms. The van der Waals surface area contributed by atoms with Crippen molar-refractivity contribution >= 4 is 11.9 Å². The summed E-state index contributed by atoms with van der Waals surface area (Å²) in [4.78, 5) is 0. The summed E-state index contributed by atoms with van der Waals surface area (Å²) in [5.41, 5.74) is 4.91. The fourth-order valence-corrected chi connectivity index (χ4v) is 0.895. The van der Waals surface area contributed by atoms with E-state index in [0.29, 0.717) is 0 Å². The van der Waals surface area contributed by atoms with Crippen LogP contribution >= 0.6 is 0 Å². The van der Waals surface area contributed by atoms with Crippen LogP contribution < -0.4 is 4.67 Å². The normalized spacial score (nSPS) is 18.4. The maximum absolute atomic E-state index is 4.12. The van der Waals surface area contributed by atoms with Gasteiger partial charge in [-0.3, -0.25) is 0 Å². The topological polar surface area (TPSA) is 14.1 Å². The summed E-state index contributed by atoms with van der Waals surface area (Å²) in [5.74, 6) is 0. The predicted molar refractivity (Wildman–Crippen MR) is 42.9 cm³/mol. The molecule has 10 heavy (non-hydrogen) atoms. The minimum atomic E-state index is 0. The van der Waals surface area contributed by atoms with Crippen LogP contribution in [0.3, 0.4) is 0 Å². The Bertz CT molecular complexity index is 346. The Kier molecular flexibility index (Phi) is 1.05. The highest BCUT2D eigenvalue weighted by Gasteiger charge is 2.03. The van der Waals surface area contributed by atoms with E-state index in [1.807, 2.05) is 18.2 Å². The van der Waals surface area contributed by atoms with E-state index in [1.54, 1.807) is 12.3 Å². The van der Waals surface area contributed by atoms with Crippen molar-refractivity contribution in [3.63, 3.8) is 0 Å². The molecule has 2 aliphatic rings. The maximum Gasteiger partial charge on any atom is 1.00 e. The average Bonchev–Trinajstić information content (AvgIpc) is 2.05. The van der Waals surface area contributed by atoms with Crippen LogP contribution in [0.25, 0.3) is 0 Å². The molecule has 1 aliphatic heterocycles. The van der Waals surface area contributed by atoms with Crippen molar-refractivity contribution in [2.45, 2.75) is 0 Å². The van der Waals surface area contributed by atoms with Crippen LogP contribution in [0.4, 0.5) is 0 Å². The second kappa shape index (κ2) is 2.00. The molecule has 46 valence electrons. The summed E-state index contributed by atoms with van der Waals surface area (Å²) in [6, 6.07) is 0. The van der Waals surface area contributed by atoms with Crippen molar-refractivity contribution in [1.82, 2.24) is 4.67 Å². The summed E-state index contributed by atoms with van der Waals surface area (Å²) in [6.07, 6.45) is 12.3. The molecule has 0 unspecified atom stereocenters. The second-order valence-electron chi connectivity index (χ2n) is 2.04. The molecule has 0 aromatic rings. The molecule has 1 heteroatoms. The number of hydrogen-bond acceptors (Lipinski definition) is 0. The molecule has 2 rings (SSSR count). The molecule has 1 nitrogen and oxygen atoms in total. The van der Waals surface area contributed by atoms with Crippen molar-refractivity contribution in [3.8, 4) is 0 Å². The van der Waals surface area contributed by atoms with Crippen molar-refractivity contribution < 1.29 is 1.43 Å². The van der Waals surface area contributed by atoms with Gasteiger partial charge >= 0.3 is 1.43 Å². The van der Waals surface area contributed by atoms with Gasteiger partial charge in [-0.15, -0.1) is 22.9 Å². The standard InChI is InChI=1S/C9H5N/c1-2-6-9-8(4-1)5-3-7-10-9/h1,3,5-7H/p+1. The Labute approximate surface area is 60.6 Å². The first-order valence-corrected chi connectivity index (χ1v) is 3.09. The third kappa shape index (κ3) is 0.708. The van der Waals surface area contributed by atoms with Crippen LogP contribution in [-0.4, -0.2) is 11.9 Å². The molecule has 0 radical (unpaired) electrons. The zero-order valence-electron chi connectivity index (χ0n) is 6.33. The van der Waals surface area contributed by atoms with E-state index in [2.05, 4.69) is 16.5 Å². The minimum absolute atomic E-state index is 0. The van der Waals surface area contributed by atoms with E-state index in [-0.39, 0.29) is 1.43 Å². The average molecular weight is 128 g/mol. The van der Waals surface area contributed by atoms with Gasteiger partial charge in [0.1, 0.15) is 0 Å². The number of fused-ring (bicyclic) bond motifs is 1. The molecule has 0 N–H and O–H groups in total. The molecule has 0 atom stereocenters. The number of hydrogen-bond donors (Lipinski definition) is 0. The third-order valence-electron chi connectivity index (χ3n) is 1.37. The van der Waals surface area contributed by atoms with Crippen LogP contribution in [-0.2, 0) is 0 Å². The second-order valence-corrected chi connectivity index (χ2v) is 2.04. The van der Waals surface area contributed by atoms with Gasteiger partial charge < -0.3 is 0 Å². The molecule has 1 heterocycles. The monoisotopic (exact) mass is 128 g/mol. The van der Waals surface area contributed by atoms with Gasteiger partial charge in [0, 0.05) is 0 Å². The Morgan fingerprint density at radius 1 is 1.60 bits per heavy atom. The lowest BCUT2D eigenvalue weighted by molar-refractivity contribution is 1.57. The van der Waals surface area contributed by atoms with Gasteiger partial charge in [0.25, 0.3) is 11.9 Å². The molecule has 0 aromatic heterocycles. The van der Waals surface area contributed by atoms with Crippen molar-refractivity contribution in [3.05, 3.63) is 41.7 Å². The lowest BCUT2D eigenvalue weighted by atomic mass is 10.1. The van der Waals surface area contributed by atoms with Gasteiger partial charge in [0.2, 0.25) is 0 Å². The zero-order valence-corrected chi connectivity index (χ0v) is 5.33. The molecule has 1 aliphatic carbocycles. The van der Waals surface area contributed by atoms with Gasteiger partial charge in [-0.1, -0.05) is 5.57 Å². The molecule has 0 amide bonds. The lowest BCUT2D eigenvalue weighted by Gasteiger charge is -2.01. The van der Waals surface area contributed by atoms with Crippen LogP contribution in [0, 0.1) is 6.08 Å². The summed E-state index contributed by atoms with van der Waals surface area (Å²) in [6.45, 7) is 0. The SMILES string of the molecule is C1=C[C-]=C2C=CC=[N+]=C2C=1.[H+]. The molecular formula is C9H6N+. The first-order chi connectivity index (χ1) is 4.97. The summed E-state index contributed by atoms with van der Waals surface area (Å²) >= 11 is 0. The van der Waals surface area contributed by atoms with E-state index in [0.717, 1.165) is 11.3 Å². The summed E-state index contributed by atoms with van der Waals surface area (Å²) in [5, 5.41) is 0. The highest BCUT2D eigenvalue weighted by atomic mass is 14.6. The summed E-state index contributed by atoms with van der Waals surface area (Å²) in [7, 11) is 0. The lowest BCUT2D eigenvalue weighted by Crippen LogP contribution is -2.06. The van der Waals surface area contributed by atoms with Crippen LogP contribution in [0.15, 0.2) is 35.6 Å². The number of rotatable bonds is 0. The van der Waals surface area contributed by atoms with Crippen LogP contribution in [0.1, 0.15) is 1.43 Å². The summed E-state index contributed by atoms with van der Waals surface area (Å²) < 4.78 is 4.12. The fourth-order valence-electron chi connectivity index (χ4n) is 0.895. The quantitative estimate of drug-likeness (QED) is 0.259. The minimum Gasteiger partial charge on any atom is -0.235 e. The molecule has 0 bridgehead atoms. The van der Waals surface area contributed by atoms with Gasteiger partial charge in [0.05, 0.1) is 0 Å². The van der Waals surface area contributed by atoms with E-state index in [9.17, 15) is 0 Å². The third-order valence-corrected chi connectivity index (χ3v) is 1.37. The molecule has 0 aromatic carbocycles. The largest absolute Gasteiger partial charge is 1.00 e. The first kappa shape index (κ1) is 5.25. The van der Waals surface area contributed by atoms with Gasteiger partial charge in [0.15, 0.2) is 0 Å². The fraction of sp³-hybridized carbons (Fsp3) is 0. The van der Waals surface area contributed by atoms with E-state index in [4.69, 9.17) is 0 Å². The Hall–Kier alpha value is -1.55. The van der Waals surface area contributed by atoms with Crippen LogP contribution in [0.5, 0.6) is 0 Å². The Morgan fingerprint density at radius 2 is 2.60 bits per heavy atom. The molecule has 0 saturated carbocycles. The van der Waals surface area contributed by atoms with Crippen molar-refractivity contribution in [1.29, 1.82) is 0 Å². The Balaban J connectivity index is 0.000000605. The predicted octanol–water partition coefficient (Wildman–Crippen LogP) is 0.702. The van der Waals surface area contributed by atoms with E-state index < -0.39 is 0 Å². The van der Waals surface area contributed by atoms with Crippen molar-refractivity contribution in [2.75, 3.05) is 0 Å². The Morgan fingerprint density at radius 3 is 3.50 bits per heavy atom. The molecule has 0 saturated heterocycles. The molecular weight excluding hydrogens is 122 g/mol. The van der Waals surface area contributed by atoms with Gasteiger partial charge in [-0.2, -0.15) is 0 Å². The van der Waals surface area contributed by atoms with Gasteiger partial charge in [-0.25, -0.2) is 5.73 Å². The molecule has 0 fully saturated rings. The number of nitrogens with zero attached hydrogens (tertiary/aromatic N) is 1. The highest BCUT2D eigenvalue weighted by molar-refractivity contribution is 6.12. The number of allylic oxidation sites excluding steroid dienone is 5. The zero-order chi connectivity index (χ0) is 6.81. The van der Waals surface area contributed by atoms with E-state index in [1.165, 1.54) is 0 Å². The first-order valence-electron chi connectivity index (χ1n) is 3.09.